The number of aromatic nitrogens is 2. The molecule has 0 aliphatic rings. The van der Waals surface area contributed by atoms with Crippen molar-refractivity contribution in [1.29, 1.82) is 0 Å². The lowest BCUT2D eigenvalue weighted by molar-refractivity contribution is 1.35. The fourth-order valence-corrected chi connectivity index (χ4v) is 5.08. The lowest BCUT2D eigenvalue weighted by Gasteiger charge is -2.06. The Bertz CT molecular complexity index is 1440. The molecule has 0 amide bonds. The van der Waals surface area contributed by atoms with Crippen molar-refractivity contribution in [3.63, 3.8) is 0 Å². The van der Waals surface area contributed by atoms with Gasteiger partial charge in [-0.3, -0.25) is 4.40 Å². The van der Waals surface area contributed by atoms with Crippen molar-refractivity contribution in [3.05, 3.63) is 97.1 Å². The highest BCUT2D eigenvalue weighted by Gasteiger charge is 2.14. The molecule has 0 saturated heterocycles. The molecule has 6 aromatic rings. The number of para-hydroxylation sites is 2. The minimum absolute atomic E-state index is 1.05. The van der Waals surface area contributed by atoms with E-state index in [1.54, 1.807) is 11.3 Å². The maximum absolute atomic E-state index is 4.82. The van der Waals surface area contributed by atoms with Crippen LogP contribution in [0.1, 0.15) is 0 Å². The van der Waals surface area contributed by atoms with E-state index in [1.165, 1.54) is 38.0 Å². The van der Waals surface area contributed by atoms with Crippen LogP contribution in [0.3, 0.4) is 0 Å². The summed E-state index contributed by atoms with van der Waals surface area (Å²) in [6.07, 6.45) is 0. The SMILES string of the molecule is c1ccc(-c2ccc(-c3cccc4c3sc3nc5ccccc5n34)cc2)cc1. The normalized spacial score (nSPS) is 11.6. The number of thiazole rings is 1. The zero-order valence-corrected chi connectivity index (χ0v) is 15.9. The Kier molecular flexibility index (Phi) is 3.37. The van der Waals surface area contributed by atoms with Crippen LogP contribution in [0.5, 0.6) is 0 Å². The Morgan fingerprint density at radius 3 is 2.11 bits per heavy atom. The summed E-state index contributed by atoms with van der Waals surface area (Å²) >= 11 is 1.76. The number of benzene rings is 4. The van der Waals surface area contributed by atoms with Crippen LogP contribution in [0.2, 0.25) is 0 Å². The fourth-order valence-electron chi connectivity index (χ4n) is 3.90. The van der Waals surface area contributed by atoms with Crippen LogP contribution >= 0.6 is 11.3 Å². The molecule has 0 aliphatic carbocycles. The van der Waals surface area contributed by atoms with E-state index in [-0.39, 0.29) is 0 Å². The second-order valence-corrected chi connectivity index (χ2v) is 7.90. The largest absolute Gasteiger partial charge is 0.283 e. The van der Waals surface area contributed by atoms with Gasteiger partial charge in [0.25, 0.3) is 0 Å². The summed E-state index contributed by atoms with van der Waals surface area (Å²) in [5.41, 5.74) is 8.42. The highest BCUT2D eigenvalue weighted by molar-refractivity contribution is 7.24. The maximum atomic E-state index is 4.82. The molecule has 0 atom stereocenters. The lowest BCUT2D eigenvalue weighted by atomic mass is 10.0. The van der Waals surface area contributed by atoms with Crippen molar-refractivity contribution in [2.45, 2.75) is 0 Å². The van der Waals surface area contributed by atoms with Gasteiger partial charge in [0, 0.05) is 5.56 Å². The third kappa shape index (κ3) is 2.30. The van der Waals surface area contributed by atoms with E-state index in [4.69, 9.17) is 4.98 Å². The Balaban J connectivity index is 1.53. The molecule has 3 heteroatoms. The van der Waals surface area contributed by atoms with Crippen LogP contribution in [-0.2, 0) is 0 Å². The van der Waals surface area contributed by atoms with Crippen LogP contribution < -0.4 is 0 Å². The van der Waals surface area contributed by atoms with Gasteiger partial charge >= 0.3 is 0 Å². The zero-order chi connectivity index (χ0) is 18.5. The van der Waals surface area contributed by atoms with Crippen LogP contribution in [0.4, 0.5) is 0 Å². The van der Waals surface area contributed by atoms with Gasteiger partial charge in [0.05, 0.1) is 21.3 Å². The van der Waals surface area contributed by atoms with E-state index in [1.807, 2.05) is 6.07 Å². The number of nitrogens with zero attached hydrogens (tertiary/aromatic N) is 2. The number of imidazole rings is 1. The van der Waals surface area contributed by atoms with Gasteiger partial charge in [-0.2, -0.15) is 0 Å². The molecule has 0 N–H and O–H groups in total. The molecule has 6 rings (SSSR count). The first-order valence-corrected chi connectivity index (χ1v) is 10.1. The third-order valence-corrected chi connectivity index (χ3v) is 6.35. The first-order valence-electron chi connectivity index (χ1n) is 9.33. The van der Waals surface area contributed by atoms with Crippen molar-refractivity contribution in [2.24, 2.45) is 0 Å². The first-order chi connectivity index (χ1) is 13.9. The van der Waals surface area contributed by atoms with E-state index in [0.717, 1.165) is 10.5 Å². The van der Waals surface area contributed by atoms with Gasteiger partial charge in [0.1, 0.15) is 0 Å². The number of rotatable bonds is 2. The average molecular weight is 376 g/mol. The van der Waals surface area contributed by atoms with Crippen LogP contribution in [-0.4, -0.2) is 9.38 Å². The summed E-state index contributed by atoms with van der Waals surface area (Å²) < 4.78 is 3.56. The number of fused-ring (bicyclic) bond motifs is 5. The Hall–Kier alpha value is -3.43. The minimum atomic E-state index is 1.05. The van der Waals surface area contributed by atoms with Gasteiger partial charge in [0.2, 0.25) is 0 Å². The Morgan fingerprint density at radius 2 is 1.25 bits per heavy atom. The summed E-state index contributed by atoms with van der Waals surface area (Å²) in [7, 11) is 0. The topological polar surface area (TPSA) is 17.3 Å². The highest BCUT2D eigenvalue weighted by atomic mass is 32.1. The lowest BCUT2D eigenvalue weighted by Crippen LogP contribution is -1.83. The highest BCUT2D eigenvalue weighted by Crippen LogP contribution is 2.37. The second-order valence-electron chi connectivity index (χ2n) is 6.92. The molecular formula is C25H16N2S. The fraction of sp³-hybridized carbons (Fsp3) is 0. The molecule has 2 nitrogen and oxygen atoms in total. The molecule has 2 aromatic heterocycles. The van der Waals surface area contributed by atoms with Crippen molar-refractivity contribution in [1.82, 2.24) is 9.38 Å². The third-order valence-electron chi connectivity index (χ3n) is 5.26. The average Bonchev–Trinajstić information content (AvgIpc) is 3.30. The summed E-state index contributed by atoms with van der Waals surface area (Å²) in [6.45, 7) is 0. The quantitative estimate of drug-likeness (QED) is 0.317. The molecule has 0 aliphatic heterocycles. The molecule has 132 valence electrons. The van der Waals surface area contributed by atoms with Gasteiger partial charge in [-0.15, -0.1) is 0 Å². The zero-order valence-electron chi connectivity index (χ0n) is 15.0. The van der Waals surface area contributed by atoms with E-state index in [9.17, 15) is 0 Å². The summed E-state index contributed by atoms with van der Waals surface area (Å²) in [5, 5.41) is 0. The molecule has 0 bridgehead atoms. The van der Waals surface area contributed by atoms with E-state index in [0.29, 0.717) is 0 Å². The smallest absolute Gasteiger partial charge is 0.195 e. The van der Waals surface area contributed by atoms with Crippen molar-refractivity contribution in [3.8, 4) is 22.3 Å². The van der Waals surface area contributed by atoms with Gasteiger partial charge < -0.3 is 0 Å². The molecule has 0 spiro atoms. The maximum Gasteiger partial charge on any atom is 0.195 e. The molecule has 0 saturated carbocycles. The molecule has 0 unspecified atom stereocenters. The van der Waals surface area contributed by atoms with Crippen molar-refractivity contribution >= 4 is 37.5 Å². The van der Waals surface area contributed by atoms with Crippen LogP contribution in [0, 0.1) is 0 Å². The molecule has 28 heavy (non-hydrogen) atoms. The van der Waals surface area contributed by atoms with Crippen molar-refractivity contribution in [2.75, 3.05) is 0 Å². The predicted molar refractivity (Wildman–Crippen MR) is 119 cm³/mol. The van der Waals surface area contributed by atoms with Gasteiger partial charge in [0.15, 0.2) is 4.96 Å². The summed E-state index contributed by atoms with van der Waals surface area (Å²) in [4.78, 5) is 5.87. The first kappa shape index (κ1) is 15.6. The molecular weight excluding hydrogens is 360 g/mol. The van der Waals surface area contributed by atoms with Crippen LogP contribution in [0.15, 0.2) is 97.1 Å². The molecule has 0 fully saturated rings. The standard InChI is InChI=1S/C25H16N2S/c1-2-7-17(8-3-1)18-13-15-19(16-14-18)20-9-6-12-23-24(20)28-25-26-21-10-4-5-11-22(21)27(23)25/h1-16H. The van der Waals surface area contributed by atoms with E-state index < -0.39 is 0 Å². The van der Waals surface area contributed by atoms with Gasteiger partial charge in [-0.1, -0.05) is 90.2 Å². The Morgan fingerprint density at radius 1 is 0.571 bits per heavy atom. The molecule has 2 heterocycles. The van der Waals surface area contributed by atoms with Crippen LogP contribution in [0.25, 0.3) is 48.5 Å². The van der Waals surface area contributed by atoms with E-state index in [2.05, 4.69) is 95.4 Å². The van der Waals surface area contributed by atoms with Gasteiger partial charge in [-0.05, 0) is 34.9 Å². The number of hydrogen-bond acceptors (Lipinski definition) is 2. The van der Waals surface area contributed by atoms with Crippen molar-refractivity contribution < 1.29 is 0 Å². The van der Waals surface area contributed by atoms with Gasteiger partial charge in [-0.25, -0.2) is 4.98 Å². The molecule has 4 aromatic carbocycles. The predicted octanol–water partition coefficient (Wildman–Crippen LogP) is 7.04. The van der Waals surface area contributed by atoms with E-state index >= 15 is 0 Å². The minimum Gasteiger partial charge on any atom is -0.283 e. The monoisotopic (exact) mass is 376 g/mol. The second kappa shape index (κ2) is 6.04. The summed E-state index contributed by atoms with van der Waals surface area (Å²) in [5.74, 6) is 0. The summed E-state index contributed by atoms with van der Waals surface area (Å²) in [6, 6.07) is 34.2. The Labute approximate surface area is 166 Å². The molecule has 0 radical (unpaired) electrons. The number of hydrogen-bond donors (Lipinski definition) is 0.